The number of benzene rings is 3. The van der Waals surface area contributed by atoms with Gasteiger partial charge in [0.1, 0.15) is 16.4 Å². The van der Waals surface area contributed by atoms with Crippen LogP contribution < -0.4 is 0 Å². The molecule has 1 heterocycles. The lowest BCUT2D eigenvalue weighted by Crippen LogP contribution is -2.29. The van der Waals surface area contributed by atoms with Gasteiger partial charge in [-0.2, -0.15) is 8.42 Å². The van der Waals surface area contributed by atoms with Gasteiger partial charge in [-0.3, -0.25) is 0 Å². The van der Waals surface area contributed by atoms with Crippen molar-refractivity contribution in [2.75, 3.05) is 0 Å². The molecule has 0 radical (unpaired) electrons. The second-order valence-corrected chi connectivity index (χ2v) is 8.27. The van der Waals surface area contributed by atoms with Gasteiger partial charge < -0.3 is 10.2 Å². The monoisotopic (exact) mass is 432 g/mol. The predicted octanol–water partition coefficient (Wildman–Crippen LogP) is 3.87. The van der Waals surface area contributed by atoms with Crippen LogP contribution in [0.3, 0.4) is 0 Å². The van der Waals surface area contributed by atoms with Gasteiger partial charge in [-0.15, -0.1) is 0 Å². The van der Waals surface area contributed by atoms with Gasteiger partial charge in [0, 0.05) is 10.0 Å². The average molecular weight is 433 g/mol. The Hall–Kier alpha value is -2.35. The molecule has 26 heavy (non-hydrogen) atoms. The van der Waals surface area contributed by atoms with E-state index >= 15 is 0 Å². The Morgan fingerprint density at radius 1 is 0.808 bits per heavy atom. The largest absolute Gasteiger partial charge is 0.508 e. The first-order valence-corrected chi connectivity index (χ1v) is 9.88. The minimum absolute atomic E-state index is 0.0601. The summed E-state index contributed by atoms with van der Waals surface area (Å²) in [5.41, 5.74) is 0.130. The van der Waals surface area contributed by atoms with Crippen molar-refractivity contribution in [2.45, 2.75) is 10.5 Å². The molecule has 0 atom stereocenters. The van der Waals surface area contributed by atoms with Gasteiger partial charge in [0.25, 0.3) is 10.1 Å². The Morgan fingerprint density at radius 2 is 1.31 bits per heavy atom. The summed E-state index contributed by atoms with van der Waals surface area (Å²) in [7, 11) is -4.03. The van der Waals surface area contributed by atoms with Crippen molar-refractivity contribution >= 4 is 26.0 Å². The van der Waals surface area contributed by atoms with E-state index in [-0.39, 0.29) is 16.4 Å². The van der Waals surface area contributed by atoms with Crippen molar-refractivity contribution < 1.29 is 22.8 Å². The molecule has 0 amide bonds. The molecule has 132 valence electrons. The van der Waals surface area contributed by atoms with Crippen LogP contribution in [0.5, 0.6) is 11.5 Å². The Kier molecular flexibility index (Phi) is 3.83. The third-order valence-corrected chi connectivity index (χ3v) is 6.71. The number of phenolic OH excluding ortho intramolecular Hbond substituents is 2. The average Bonchev–Trinajstić information content (AvgIpc) is 2.86. The lowest BCUT2D eigenvalue weighted by molar-refractivity contribution is 0.180. The van der Waals surface area contributed by atoms with Crippen LogP contribution in [-0.4, -0.2) is 18.6 Å². The minimum Gasteiger partial charge on any atom is -0.508 e. The normalized spacial score (nSPS) is 17.0. The standard InChI is InChI=1S/C19H13BrO5S/c20-17-3-1-2-16-18(17)26(23,24)25-19(16,12-4-8-14(21)9-5-12)13-6-10-15(22)11-7-13/h1-11,21-22H. The number of phenols is 2. The number of fused-ring (bicyclic) bond motifs is 1. The molecular weight excluding hydrogens is 420 g/mol. The summed E-state index contributed by atoms with van der Waals surface area (Å²) in [4.78, 5) is 0.0705. The number of hydrogen-bond acceptors (Lipinski definition) is 5. The number of halogens is 1. The van der Waals surface area contributed by atoms with E-state index in [1.807, 2.05) is 0 Å². The first-order chi connectivity index (χ1) is 12.3. The predicted molar refractivity (Wildman–Crippen MR) is 98.5 cm³/mol. The fraction of sp³-hybridized carbons (Fsp3) is 0.0526. The van der Waals surface area contributed by atoms with Crippen LogP contribution in [0.2, 0.25) is 0 Å². The number of rotatable bonds is 2. The summed E-state index contributed by atoms with van der Waals surface area (Å²) < 4.78 is 31.8. The number of hydrogen-bond donors (Lipinski definition) is 2. The fourth-order valence-corrected chi connectivity index (χ4v) is 5.70. The lowest BCUT2D eigenvalue weighted by atomic mass is 9.80. The molecule has 0 aliphatic carbocycles. The van der Waals surface area contributed by atoms with E-state index in [0.717, 1.165) is 0 Å². The maximum atomic E-state index is 12.8. The quantitative estimate of drug-likeness (QED) is 0.600. The van der Waals surface area contributed by atoms with Gasteiger partial charge >= 0.3 is 0 Å². The summed E-state index contributed by atoms with van der Waals surface area (Å²) in [6.45, 7) is 0. The van der Waals surface area contributed by atoms with Crippen LogP contribution in [0, 0.1) is 0 Å². The molecule has 3 aromatic rings. The second-order valence-electron chi connectivity index (χ2n) is 5.93. The third-order valence-electron chi connectivity index (χ3n) is 4.38. The molecule has 0 saturated heterocycles. The summed E-state index contributed by atoms with van der Waals surface area (Å²) in [5.74, 6) is 0.120. The van der Waals surface area contributed by atoms with Gasteiger partial charge in [-0.05, 0) is 57.4 Å². The van der Waals surface area contributed by atoms with Gasteiger partial charge in [0.15, 0.2) is 5.60 Å². The van der Waals surface area contributed by atoms with E-state index in [9.17, 15) is 18.6 Å². The molecule has 0 fully saturated rings. The Morgan fingerprint density at radius 3 is 1.81 bits per heavy atom. The summed E-state index contributed by atoms with van der Waals surface area (Å²) >= 11 is 3.30. The molecule has 0 unspecified atom stereocenters. The molecule has 7 heteroatoms. The van der Waals surface area contributed by atoms with Crippen molar-refractivity contribution in [3.8, 4) is 11.5 Å². The first-order valence-electron chi connectivity index (χ1n) is 7.68. The molecule has 0 spiro atoms. The van der Waals surface area contributed by atoms with Crippen LogP contribution in [0.25, 0.3) is 0 Å². The molecule has 1 aliphatic heterocycles. The first kappa shape index (κ1) is 17.1. The molecule has 0 aromatic heterocycles. The summed E-state index contributed by atoms with van der Waals surface area (Å²) in [5, 5.41) is 19.3. The SMILES string of the molecule is O=S1(=O)OC(c2ccc(O)cc2)(c2ccc(O)cc2)c2cccc(Br)c21. The number of aromatic hydroxyl groups is 2. The zero-order valence-electron chi connectivity index (χ0n) is 13.3. The minimum atomic E-state index is -4.03. The van der Waals surface area contributed by atoms with E-state index < -0.39 is 15.7 Å². The highest BCUT2D eigenvalue weighted by Gasteiger charge is 2.52. The molecule has 0 saturated carbocycles. The highest BCUT2D eigenvalue weighted by molar-refractivity contribution is 9.10. The second kappa shape index (κ2) is 5.84. The third kappa shape index (κ3) is 2.43. The van der Waals surface area contributed by atoms with Gasteiger partial charge in [0.2, 0.25) is 0 Å². The van der Waals surface area contributed by atoms with E-state index in [2.05, 4.69) is 15.9 Å². The Balaban J connectivity index is 2.11. The van der Waals surface area contributed by atoms with Gasteiger partial charge in [-0.1, -0.05) is 36.4 Å². The maximum Gasteiger partial charge on any atom is 0.300 e. The van der Waals surface area contributed by atoms with Crippen LogP contribution in [0.1, 0.15) is 16.7 Å². The molecule has 3 aromatic carbocycles. The Labute approximate surface area is 158 Å². The molecule has 4 rings (SSSR count). The van der Waals surface area contributed by atoms with Crippen LogP contribution in [0.4, 0.5) is 0 Å². The molecule has 5 nitrogen and oxygen atoms in total. The van der Waals surface area contributed by atoms with Crippen LogP contribution in [0.15, 0.2) is 76.1 Å². The zero-order chi connectivity index (χ0) is 18.5. The molecule has 2 N–H and O–H groups in total. The van der Waals surface area contributed by atoms with Gasteiger partial charge in [0.05, 0.1) is 0 Å². The highest BCUT2D eigenvalue weighted by atomic mass is 79.9. The van der Waals surface area contributed by atoms with E-state index in [4.69, 9.17) is 4.18 Å². The fourth-order valence-electron chi connectivity index (χ4n) is 3.26. The van der Waals surface area contributed by atoms with Crippen molar-refractivity contribution in [1.29, 1.82) is 0 Å². The smallest absolute Gasteiger partial charge is 0.300 e. The molecule has 1 aliphatic rings. The van der Waals surface area contributed by atoms with E-state index in [0.29, 0.717) is 21.2 Å². The Bertz CT molecular complexity index is 1040. The van der Waals surface area contributed by atoms with Crippen molar-refractivity contribution in [3.63, 3.8) is 0 Å². The van der Waals surface area contributed by atoms with Crippen LogP contribution in [-0.2, 0) is 19.9 Å². The van der Waals surface area contributed by atoms with E-state index in [1.165, 1.54) is 24.3 Å². The van der Waals surface area contributed by atoms with E-state index in [1.54, 1.807) is 42.5 Å². The summed E-state index contributed by atoms with van der Waals surface area (Å²) in [6.07, 6.45) is 0. The topological polar surface area (TPSA) is 83.8 Å². The maximum absolute atomic E-state index is 12.8. The van der Waals surface area contributed by atoms with Crippen LogP contribution >= 0.6 is 15.9 Å². The lowest BCUT2D eigenvalue weighted by Gasteiger charge is -2.29. The van der Waals surface area contributed by atoms with Gasteiger partial charge in [-0.25, -0.2) is 4.18 Å². The van der Waals surface area contributed by atoms with Crippen molar-refractivity contribution in [2.24, 2.45) is 0 Å². The summed E-state index contributed by atoms with van der Waals surface area (Å²) in [6, 6.07) is 17.5. The van der Waals surface area contributed by atoms with Crippen molar-refractivity contribution in [1.82, 2.24) is 0 Å². The molecular formula is C19H13BrO5S. The highest BCUT2D eigenvalue weighted by Crippen LogP contribution is 2.52. The zero-order valence-corrected chi connectivity index (χ0v) is 15.7. The van der Waals surface area contributed by atoms with Crippen molar-refractivity contribution in [3.05, 3.63) is 87.9 Å². The molecule has 0 bridgehead atoms.